The first kappa shape index (κ1) is 14.5. The second-order valence-corrected chi connectivity index (χ2v) is 5.74. The van der Waals surface area contributed by atoms with E-state index >= 15 is 0 Å². The standard InChI is InChI=1S/C15H15N5OS/c1-2-8-20-13(21)7-9-22-15(20)19-18-14-12-6-4-3-5-11(12)10-16-17-14/h2-6,10H,1,7-9H2,(H,17,18)/b19-15-. The number of anilines is 1. The fraction of sp³-hybridized carbons (Fsp3) is 0.200. The Labute approximate surface area is 132 Å². The molecule has 3 rings (SSSR count). The lowest BCUT2D eigenvalue weighted by molar-refractivity contribution is -0.126. The van der Waals surface area contributed by atoms with Crippen molar-refractivity contribution in [1.82, 2.24) is 15.1 Å². The van der Waals surface area contributed by atoms with Gasteiger partial charge in [-0.3, -0.25) is 15.1 Å². The van der Waals surface area contributed by atoms with Gasteiger partial charge >= 0.3 is 0 Å². The van der Waals surface area contributed by atoms with Crippen molar-refractivity contribution in [1.29, 1.82) is 0 Å². The van der Waals surface area contributed by atoms with E-state index < -0.39 is 0 Å². The lowest BCUT2D eigenvalue weighted by Gasteiger charge is -2.26. The maximum atomic E-state index is 11.9. The molecule has 0 aliphatic carbocycles. The molecule has 2 aromatic rings. The Morgan fingerprint density at radius 3 is 3.18 bits per heavy atom. The highest BCUT2D eigenvalue weighted by molar-refractivity contribution is 8.13. The molecule has 22 heavy (non-hydrogen) atoms. The van der Waals surface area contributed by atoms with E-state index in [9.17, 15) is 4.79 Å². The largest absolute Gasteiger partial charge is 0.286 e. The van der Waals surface area contributed by atoms with E-state index in [1.807, 2.05) is 24.3 Å². The van der Waals surface area contributed by atoms with Crippen LogP contribution in [0, 0.1) is 0 Å². The molecule has 7 heteroatoms. The number of amidine groups is 1. The summed E-state index contributed by atoms with van der Waals surface area (Å²) in [4.78, 5) is 13.6. The van der Waals surface area contributed by atoms with Gasteiger partial charge in [0.1, 0.15) is 0 Å². The van der Waals surface area contributed by atoms with Crippen LogP contribution in [0.15, 0.2) is 48.2 Å². The first-order chi connectivity index (χ1) is 10.8. The molecule has 1 aliphatic heterocycles. The Bertz CT molecular complexity index is 740. The molecule has 0 radical (unpaired) electrons. The summed E-state index contributed by atoms with van der Waals surface area (Å²) < 4.78 is 0. The van der Waals surface area contributed by atoms with Crippen LogP contribution in [0.2, 0.25) is 0 Å². The molecule has 0 bridgehead atoms. The zero-order valence-electron chi connectivity index (χ0n) is 11.9. The van der Waals surface area contributed by atoms with Crippen LogP contribution in [-0.4, -0.2) is 38.5 Å². The SMILES string of the molecule is C=CCN1C(=O)CCS/C1=N\Nc1nncc2ccccc12. The van der Waals surface area contributed by atoms with Crippen LogP contribution in [-0.2, 0) is 4.79 Å². The zero-order chi connectivity index (χ0) is 15.4. The Morgan fingerprint density at radius 1 is 1.45 bits per heavy atom. The van der Waals surface area contributed by atoms with Crippen LogP contribution in [0.25, 0.3) is 10.8 Å². The molecule has 0 atom stereocenters. The summed E-state index contributed by atoms with van der Waals surface area (Å²) in [6, 6.07) is 7.80. The molecule has 1 aromatic heterocycles. The first-order valence-corrected chi connectivity index (χ1v) is 7.86. The van der Waals surface area contributed by atoms with Crippen LogP contribution in [0.4, 0.5) is 5.82 Å². The molecule has 0 unspecified atom stereocenters. The molecule has 0 spiro atoms. The monoisotopic (exact) mass is 313 g/mol. The number of nitrogens with one attached hydrogen (secondary N) is 1. The van der Waals surface area contributed by atoms with Gasteiger partial charge in [0.2, 0.25) is 5.91 Å². The van der Waals surface area contributed by atoms with Crippen LogP contribution in [0.1, 0.15) is 6.42 Å². The van der Waals surface area contributed by atoms with Crippen molar-refractivity contribution in [3.63, 3.8) is 0 Å². The smallest absolute Gasteiger partial charge is 0.229 e. The highest BCUT2D eigenvalue weighted by Crippen LogP contribution is 2.22. The van der Waals surface area contributed by atoms with Crippen LogP contribution < -0.4 is 5.43 Å². The Morgan fingerprint density at radius 2 is 2.32 bits per heavy atom. The number of amides is 1. The van der Waals surface area contributed by atoms with Crippen LogP contribution in [0.3, 0.4) is 0 Å². The number of benzene rings is 1. The Kier molecular flexibility index (Phi) is 4.34. The van der Waals surface area contributed by atoms with Crippen molar-refractivity contribution in [3.05, 3.63) is 43.1 Å². The third-order valence-corrected chi connectivity index (χ3v) is 4.20. The van der Waals surface area contributed by atoms with Gasteiger partial charge in [0, 0.05) is 29.5 Å². The molecule has 1 aromatic carbocycles. The number of hydrogen-bond donors (Lipinski definition) is 1. The van der Waals surface area contributed by atoms with Crippen LogP contribution in [0.5, 0.6) is 0 Å². The van der Waals surface area contributed by atoms with Gasteiger partial charge in [-0.25, -0.2) is 0 Å². The van der Waals surface area contributed by atoms with E-state index in [2.05, 4.69) is 27.3 Å². The van der Waals surface area contributed by atoms with Gasteiger partial charge < -0.3 is 0 Å². The fourth-order valence-corrected chi connectivity index (χ4v) is 3.06. The van der Waals surface area contributed by atoms with Gasteiger partial charge in [0.15, 0.2) is 11.0 Å². The number of thioether (sulfide) groups is 1. The lowest BCUT2D eigenvalue weighted by Crippen LogP contribution is -2.39. The first-order valence-electron chi connectivity index (χ1n) is 6.88. The maximum absolute atomic E-state index is 11.9. The number of hydrazone groups is 1. The predicted molar refractivity (Wildman–Crippen MR) is 89.6 cm³/mol. The normalized spacial score (nSPS) is 17.0. The number of hydrogen-bond acceptors (Lipinski definition) is 6. The van der Waals surface area contributed by atoms with Gasteiger partial charge in [-0.05, 0) is 0 Å². The molecule has 2 heterocycles. The van der Waals surface area contributed by atoms with Crippen molar-refractivity contribution in [2.75, 3.05) is 17.7 Å². The number of rotatable bonds is 4. The van der Waals surface area contributed by atoms with Crippen LogP contribution >= 0.6 is 11.8 Å². The van der Waals surface area contributed by atoms with Crippen molar-refractivity contribution in [3.8, 4) is 0 Å². The van der Waals surface area contributed by atoms with Gasteiger partial charge in [-0.1, -0.05) is 42.1 Å². The predicted octanol–water partition coefficient (Wildman–Crippen LogP) is 2.46. The third kappa shape index (κ3) is 2.94. The Hall–Kier alpha value is -2.41. The average Bonchev–Trinajstić information content (AvgIpc) is 2.55. The zero-order valence-corrected chi connectivity index (χ0v) is 12.7. The minimum absolute atomic E-state index is 0.0585. The minimum atomic E-state index is 0.0585. The fourth-order valence-electron chi connectivity index (χ4n) is 2.16. The number of nitrogens with zero attached hydrogens (tertiary/aromatic N) is 4. The summed E-state index contributed by atoms with van der Waals surface area (Å²) in [6.07, 6.45) is 3.92. The Balaban J connectivity index is 1.88. The van der Waals surface area contributed by atoms with Crippen molar-refractivity contribution in [2.45, 2.75) is 6.42 Å². The van der Waals surface area contributed by atoms with E-state index in [1.165, 1.54) is 11.8 Å². The van der Waals surface area contributed by atoms with Crippen molar-refractivity contribution in [2.24, 2.45) is 5.10 Å². The van der Waals surface area contributed by atoms with E-state index in [-0.39, 0.29) is 5.91 Å². The van der Waals surface area contributed by atoms with Gasteiger partial charge in [-0.15, -0.1) is 16.8 Å². The molecule has 112 valence electrons. The number of carbonyl (C=O) groups excluding carboxylic acids is 1. The topological polar surface area (TPSA) is 70.5 Å². The average molecular weight is 313 g/mol. The van der Waals surface area contributed by atoms with Crippen molar-refractivity contribution >= 4 is 39.4 Å². The van der Waals surface area contributed by atoms with E-state index in [0.717, 1.165) is 16.5 Å². The van der Waals surface area contributed by atoms with Crippen molar-refractivity contribution < 1.29 is 4.79 Å². The summed E-state index contributed by atoms with van der Waals surface area (Å²) >= 11 is 1.54. The molecule has 0 saturated carbocycles. The molecule has 1 aliphatic rings. The minimum Gasteiger partial charge on any atom is -0.286 e. The highest BCUT2D eigenvalue weighted by atomic mass is 32.2. The summed E-state index contributed by atoms with van der Waals surface area (Å²) in [5, 5.41) is 14.9. The lowest BCUT2D eigenvalue weighted by atomic mass is 10.2. The number of carbonyl (C=O) groups is 1. The molecule has 6 nitrogen and oxygen atoms in total. The van der Waals surface area contributed by atoms with E-state index in [0.29, 0.717) is 24.0 Å². The molecule has 1 saturated heterocycles. The van der Waals surface area contributed by atoms with Gasteiger partial charge in [0.25, 0.3) is 0 Å². The molecule has 1 fully saturated rings. The maximum Gasteiger partial charge on any atom is 0.229 e. The summed E-state index contributed by atoms with van der Waals surface area (Å²) in [6.45, 7) is 4.13. The third-order valence-electron chi connectivity index (χ3n) is 3.22. The molecule has 1 N–H and O–H groups in total. The summed E-state index contributed by atoms with van der Waals surface area (Å²) in [7, 11) is 0. The number of aromatic nitrogens is 2. The molecular formula is C15H15N5OS. The summed E-state index contributed by atoms with van der Waals surface area (Å²) in [5.74, 6) is 1.36. The van der Waals surface area contributed by atoms with Gasteiger partial charge in [-0.2, -0.15) is 5.10 Å². The quantitative estimate of drug-likeness (QED) is 0.693. The molecule has 1 amide bonds. The number of fused-ring (bicyclic) bond motifs is 1. The second kappa shape index (κ2) is 6.57. The highest BCUT2D eigenvalue weighted by Gasteiger charge is 2.24. The van der Waals surface area contributed by atoms with Gasteiger partial charge in [0.05, 0.1) is 6.20 Å². The molecular weight excluding hydrogens is 298 g/mol. The summed E-state index contributed by atoms with van der Waals surface area (Å²) in [5.41, 5.74) is 2.93. The van der Waals surface area contributed by atoms with E-state index in [4.69, 9.17) is 0 Å². The second-order valence-electron chi connectivity index (χ2n) is 4.68. The van der Waals surface area contributed by atoms with E-state index in [1.54, 1.807) is 17.2 Å².